The second-order valence-corrected chi connectivity index (χ2v) is 5.65. The lowest BCUT2D eigenvalue weighted by Crippen LogP contribution is -2.36. The summed E-state index contributed by atoms with van der Waals surface area (Å²) in [6.07, 6.45) is 4.76. The highest BCUT2D eigenvalue weighted by Gasteiger charge is 2.22. The highest BCUT2D eigenvalue weighted by molar-refractivity contribution is 5.85. The van der Waals surface area contributed by atoms with Crippen LogP contribution in [0.3, 0.4) is 0 Å². The third-order valence-electron chi connectivity index (χ3n) is 4.44. The number of nitrogens with one attached hydrogen (secondary N) is 2. The molecule has 0 radical (unpaired) electrons. The molecule has 0 aromatic carbocycles. The fourth-order valence-corrected chi connectivity index (χ4v) is 3.01. The van der Waals surface area contributed by atoms with E-state index in [0.717, 1.165) is 38.4 Å². The van der Waals surface area contributed by atoms with Crippen LogP contribution in [0.15, 0.2) is 0 Å². The highest BCUT2D eigenvalue weighted by Crippen LogP contribution is 2.19. The van der Waals surface area contributed by atoms with E-state index in [1.54, 1.807) is 0 Å². The summed E-state index contributed by atoms with van der Waals surface area (Å²) in [5.41, 5.74) is 0. The number of rotatable bonds is 5. The van der Waals surface area contributed by atoms with Gasteiger partial charge in [0.1, 0.15) is 0 Å². The van der Waals surface area contributed by atoms with E-state index < -0.39 is 0 Å². The molecule has 120 valence electrons. The number of nitrogens with zero attached hydrogens (tertiary/aromatic N) is 1. The molecule has 6 heteroatoms. The molecule has 0 aromatic rings. The molecule has 2 rings (SSSR count). The third kappa shape index (κ3) is 6.17. The van der Waals surface area contributed by atoms with Crippen LogP contribution >= 0.6 is 24.8 Å². The number of hydrogen-bond donors (Lipinski definition) is 2. The minimum Gasteiger partial charge on any atom is -0.356 e. The number of amides is 1. The molecule has 0 spiro atoms. The van der Waals surface area contributed by atoms with Gasteiger partial charge < -0.3 is 15.5 Å². The standard InChI is InChI=1S/C14H27N3O.2ClH/c1-2-17-9-5-12(6-10-17)3-8-16-14(18)13-4-7-15-11-13;;/h12-13,15H,2-11H2,1H3,(H,16,18);2*1H. The Labute approximate surface area is 135 Å². The average Bonchev–Trinajstić information content (AvgIpc) is 2.93. The molecule has 4 nitrogen and oxygen atoms in total. The van der Waals surface area contributed by atoms with Gasteiger partial charge in [0.25, 0.3) is 0 Å². The van der Waals surface area contributed by atoms with Crippen molar-refractivity contribution < 1.29 is 4.79 Å². The van der Waals surface area contributed by atoms with Crippen molar-refractivity contribution in [2.75, 3.05) is 39.3 Å². The molecule has 2 saturated heterocycles. The first-order chi connectivity index (χ1) is 8.79. The lowest BCUT2D eigenvalue weighted by atomic mass is 9.93. The molecule has 2 heterocycles. The zero-order valence-corrected chi connectivity index (χ0v) is 14.0. The van der Waals surface area contributed by atoms with Crippen LogP contribution in [0.2, 0.25) is 0 Å². The van der Waals surface area contributed by atoms with Gasteiger partial charge in [-0.15, -0.1) is 24.8 Å². The molecule has 1 atom stereocenters. The van der Waals surface area contributed by atoms with Gasteiger partial charge in [-0.25, -0.2) is 0 Å². The molecular weight excluding hydrogens is 297 g/mol. The number of carbonyl (C=O) groups is 1. The van der Waals surface area contributed by atoms with E-state index in [4.69, 9.17) is 0 Å². The van der Waals surface area contributed by atoms with E-state index in [0.29, 0.717) is 0 Å². The summed E-state index contributed by atoms with van der Waals surface area (Å²) in [6.45, 7) is 8.61. The number of piperidine rings is 1. The van der Waals surface area contributed by atoms with Gasteiger partial charge >= 0.3 is 0 Å². The molecule has 20 heavy (non-hydrogen) atoms. The first-order valence-electron chi connectivity index (χ1n) is 7.50. The van der Waals surface area contributed by atoms with Crippen molar-refractivity contribution in [3.63, 3.8) is 0 Å². The quantitative estimate of drug-likeness (QED) is 0.808. The predicted molar refractivity (Wildman–Crippen MR) is 87.9 cm³/mol. The predicted octanol–water partition coefficient (Wildman–Crippen LogP) is 1.68. The molecule has 1 amide bonds. The summed E-state index contributed by atoms with van der Waals surface area (Å²) in [5.74, 6) is 1.28. The Morgan fingerprint density at radius 2 is 1.95 bits per heavy atom. The van der Waals surface area contributed by atoms with Crippen molar-refractivity contribution in [1.29, 1.82) is 0 Å². The zero-order valence-electron chi connectivity index (χ0n) is 12.4. The largest absolute Gasteiger partial charge is 0.356 e. The van der Waals surface area contributed by atoms with Gasteiger partial charge in [-0.3, -0.25) is 4.79 Å². The highest BCUT2D eigenvalue weighted by atomic mass is 35.5. The van der Waals surface area contributed by atoms with E-state index in [2.05, 4.69) is 22.5 Å². The van der Waals surface area contributed by atoms with Crippen molar-refractivity contribution in [3.8, 4) is 0 Å². The van der Waals surface area contributed by atoms with Crippen LogP contribution < -0.4 is 10.6 Å². The Bertz CT molecular complexity index is 265. The molecule has 0 aromatic heterocycles. The Balaban J connectivity index is 0.00000180. The average molecular weight is 326 g/mol. The molecule has 2 fully saturated rings. The van der Waals surface area contributed by atoms with Gasteiger partial charge in [-0.05, 0) is 57.8 Å². The molecule has 2 aliphatic rings. The molecule has 0 bridgehead atoms. The second-order valence-electron chi connectivity index (χ2n) is 5.65. The summed E-state index contributed by atoms with van der Waals surface area (Å²) in [6, 6.07) is 0. The smallest absolute Gasteiger partial charge is 0.224 e. The maximum Gasteiger partial charge on any atom is 0.224 e. The van der Waals surface area contributed by atoms with Gasteiger partial charge in [0.2, 0.25) is 5.91 Å². The van der Waals surface area contributed by atoms with Crippen molar-refractivity contribution in [2.24, 2.45) is 11.8 Å². The van der Waals surface area contributed by atoms with Crippen molar-refractivity contribution in [3.05, 3.63) is 0 Å². The minimum absolute atomic E-state index is 0. The Kier molecular flexibility index (Phi) is 10.6. The van der Waals surface area contributed by atoms with Crippen molar-refractivity contribution in [1.82, 2.24) is 15.5 Å². The Hall–Kier alpha value is -0.0300. The molecule has 2 aliphatic heterocycles. The molecular formula is C14H29Cl2N3O. The molecule has 0 saturated carbocycles. The third-order valence-corrected chi connectivity index (χ3v) is 4.44. The van der Waals surface area contributed by atoms with Gasteiger partial charge in [0.15, 0.2) is 0 Å². The summed E-state index contributed by atoms with van der Waals surface area (Å²) in [7, 11) is 0. The van der Waals surface area contributed by atoms with Crippen LogP contribution in [0.4, 0.5) is 0 Å². The molecule has 2 N–H and O–H groups in total. The fourth-order valence-electron chi connectivity index (χ4n) is 3.01. The minimum atomic E-state index is 0. The van der Waals surface area contributed by atoms with E-state index in [1.807, 2.05) is 0 Å². The SMILES string of the molecule is CCN1CCC(CCNC(=O)C2CCNC2)CC1.Cl.Cl. The van der Waals surface area contributed by atoms with Crippen molar-refractivity contribution >= 4 is 30.7 Å². The summed E-state index contributed by atoms with van der Waals surface area (Å²) >= 11 is 0. The number of carbonyl (C=O) groups excluding carboxylic acids is 1. The maximum atomic E-state index is 11.8. The molecule has 0 aliphatic carbocycles. The van der Waals surface area contributed by atoms with Crippen LogP contribution in [0, 0.1) is 11.8 Å². The van der Waals surface area contributed by atoms with Crippen LogP contribution in [0.5, 0.6) is 0 Å². The lowest BCUT2D eigenvalue weighted by Gasteiger charge is -2.31. The van der Waals surface area contributed by atoms with Crippen LogP contribution in [0.25, 0.3) is 0 Å². The number of hydrogen-bond acceptors (Lipinski definition) is 3. The van der Waals surface area contributed by atoms with Gasteiger partial charge in [0.05, 0.1) is 5.92 Å². The normalized spacial score (nSPS) is 23.8. The van der Waals surface area contributed by atoms with E-state index in [1.165, 1.54) is 32.5 Å². The van der Waals surface area contributed by atoms with E-state index in [-0.39, 0.29) is 36.6 Å². The zero-order chi connectivity index (χ0) is 12.8. The van der Waals surface area contributed by atoms with Crippen LogP contribution in [0.1, 0.15) is 32.6 Å². The van der Waals surface area contributed by atoms with Crippen LogP contribution in [-0.4, -0.2) is 50.1 Å². The number of likely N-dealkylation sites (tertiary alicyclic amines) is 1. The van der Waals surface area contributed by atoms with Crippen molar-refractivity contribution in [2.45, 2.75) is 32.6 Å². The van der Waals surface area contributed by atoms with Gasteiger partial charge in [-0.1, -0.05) is 6.92 Å². The first-order valence-corrected chi connectivity index (χ1v) is 7.50. The summed E-state index contributed by atoms with van der Waals surface area (Å²) in [4.78, 5) is 14.3. The topological polar surface area (TPSA) is 44.4 Å². The van der Waals surface area contributed by atoms with Gasteiger partial charge in [-0.2, -0.15) is 0 Å². The molecule has 1 unspecified atom stereocenters. The number of halogens is 2. The summed E-state index contributed by atoms with van der Waals surface area (Å²) in [5, 5.41) is 6.34. The van der Waals surface area contributed by atoms with Gasteiger partial charge in [0, 0.05) is 13.1 Å². The Morgan fingerprint density at radius 3 is 2.50 bits per heavy atom. The Morgan fingerprint density at radius 1 is 1.25 bits per heavy atom. The fraction of sp³-hybridized carbons (Fsp3) is 0.929. The van der Waals surface area contributed by atoms with E-state index >= 15 is 0 Å². The monoisotopic (exact) mass is 325 g/mol. The first kappa shape index (κ1) is 20.0. The second kappa shape index (κ2) is 10.7. The summed E-state index contributed by atoms with van der Waals surface area (Å²) < 4.78 is 0. The van der Waals surface area contributed by atoms with E-state index in [9.17, 15) is 4.79 Å². The maximum absolute atomic E-state index is 11.8. The van der Waals surface area contributed by atoms with Crippen LogP contribution in [-0.2, 0) is 4.79 Å². The lowest BCUT2D eigenvalue weighted by molar-refractivity contribution is -0.124.